The van der Waals surface area contributed by atoms with E-state index in [0.717, 1.165) is 29.5 Å². The van der Waals surface area contributed by atoms with E-state index in [0.29, 0.717) is 8.58 Å². The van der Waals surface area contributed by atoms with Crippen molar-refractivity contribution in [2.75, 3.05) is 7.05 Å². The Bertz CT molecular complexity index is 825. The van der Waals surface area contributed by atoms with E-state index in [9.17, 15) is 0 Å². The third-order valence-corrected chi connectivity index (χ3v) is 5.87. The van der Waals surface area contributed by atoms with Gasteiger partial charge in [0.2, 0.25) is 0 Å². The highest BCUT2D eigenvalue weighted by Gasteiger charge is 2.11. The lowest BCUT2D eigenvalue weighted by molar-refractivity contribution is 0.555. The van der Waals surface area contributed by atoms with E-state index in [4.69, 9.17) is 0 Å². The first-order valence-corrected chi connectivity index (χ1v) is 10.6. The van der Waals surface area contributed by atoms with Gasteiger partial charge in [-0.2, -0.15) is 0 Å². The SMILES string of the molecule is C=C/C(C(=C)P/C=C(/C)c1cc(CCC)ccc1CC)=C1/N=CC=CN1C. The van der Waals surface area contributed by atoms with Crippen LogP contribution < -0.4 is 0 Å². The molecule has 1 unspecified atom stereocenters. The van der Waals surface area contributed by atoms with Crippen LogP contribution in [-0.2, 0) is 12.8 Å². The first-order valence-electron chi connectivity index (χ1n) is 9.56. The Kier molecular flexibility index (Phi) is 8.00. The zero-order valence-electron chi connectivity index (χ0n) is 17.0. The predicted molar refractivity (Wildman–Crippen MR) is 124 cm³/mol. The van der Waals surface area contributed by atoms with Crippen molar-refractivity contribution in [3.63, 3.8) is 0 Å². The maximum atomic E-state index is 4.49. The molecule has 0 fully saturated rings. The second-order valence-electron chi connectivity index (χ2n) is 6.72. The van der Waals surface area contributed by atoms with Gasteiger partial charge < -0.3 is 4.90 Å². The number of nitrogens with zero attached hydrogens (tertiary/aromatic N) is 2. The molecule has 1 aliphatic heterocycles. The molecular formula is C24H31N2P. The Morgan fingerprint density at radius 3 is 2.70 bits per heavy atom. The molecular weight excluding hydrogens is 347 g/mol. The molecule has 0 saturated carbocycles. The fourth-order valence-electron chi connectivity index (χ4n) is 3.15. The van der Waals surface area contributed by atoms with Gasteiger partial charge in [-0.15, -0.1) is 0 Å². The van der Waals surface area contributed by atoms with Crippen molar-refractivity contribution in [1.29, 1.82) is 0 Å². The summed E-state index contributed by atoms with van der Waals surface area (Å²) in [4.78, 5) is 6.50. The number of aryl methyl sites for hydroxylation is 2. The maximum Gasteiger partial charge on any atom is 0.140 e. The standard InChI is InChI=1S/C24H31N2P/c1-7-11-20-12-13-21(8-2)23(16-20)18(4)17-27-19(5)22(9-3)24-25-14-10-15-26(24)6/h9-10,12-17,27H,3,5,7-8,11H2,1-2,4,6H3/b18-17-,24-22+. The van der Waals surface area contributed by atoms with Gasteiger partial charge in [0.1, 0.15) is 5.82 Å². The van der Waals surface area contributed by atoms with E-state index in [1.807, 2.05) is 36.5 Å². The van der Waals surface area contributed by atoms with Gasteiger partial charge in [-0.05, 0) is 53.4 Å². The summed E-state index contributed by atoms with van der Waals surface area (Å²) in [6.45, 7) is 14.9. The van der Waals surface area contributed by atoms with Crippen molar-refractivity contribution < 1.29 is 0 Å². The first kappa shape index (κ1) is 21.1. The molecule has 1 atom stereocenters. The number of rotatable bonds is 8. The molecule has 27 heavy (non-hydrogen) atoms. The highest BCUT2D eigenvalue weighted by molar-refractivity contribution is 7.47. The summed E-state index contributed by atoms with van der Waals surface area (Å²) in [5.41, 5.74) is 6.52. The van der Waals surface area contributed by atoms with Crippen molar-refractivity contribution in [3.05, 3.63) is 88.9 Å². The Balaban J connectivity index is 2.26. The second-order valence-corrected chi connectivity index (χ2v) is 7.90. The van der Waals surface area contributed by atoms with Crippen LogP contribution in [0.4, 0.5) is 0 Å². The number of allylic oxidation sites excluding steroid dienone is 5. The quantitative estimate of drug-likeness (QED) is 0.461. The lowest BCUT2D eigenvalue weighted by Gasteiger charge is -2.20. The van der Waals surface area contributed by atoms with E-state index in [1.54, 1.807) is 0 Å². The topological polar surface area (TPSA) is 15.6 Å². The fraction of sp³-hybridized carbons (Fsp3) is 0.292. The molecule has 0 saturated heterocycles. The molecule has 0 N–H and O–H groups in total. The van der Waals surface area contributed by atoms with Crippen LogP contribution in [0.3, 0.4) is 0 Å². The summed E-state index contributed by atoms with van der Waals surface area (Å²) in [7, 11) is 2.49. The lowest BCUT2D eigenvalue weighted by Crippen LogP contribution is -2.13. The first-order chi connectivity index (χ1) is 13.0. The average Bonchev–Trinajstić information content (AvgIpc) is 2.68. The van der Waals surface area contributed by atoms with Crippen molar-refractivity contribution in [2.24, 2.45) is 4.99 Å². The fourth-order valence-corrected chi connectivity index (χ4v) is 4.06. The van der Waals surface area contributed by atoms with Crippen molar-refractivity contribution in [3.8, 4) is 0 Å². The Hall–Kier alpha value is -2.18. The molecule has 2 rings (SSSR count). The van der Waals surface area contributed by atoms with Crippen LogP contribution in [0.2, 0.25) is 0 Å². The van der Waals surface area contributed by atoms with Crippen LogP contribution in [0, 0.1) is 0 Å². The maximum absolute atomic E-state index is 4.49. The summed E-state index contributed by atoms with van der Waals surface area (Å²) < 4.78 is 0. The lowest BCUT2D eigenvalue weighted by atomic mass is 9.96. The van der Waals surface area contributed by atoms with Gasteiger partial charge in [0.05, 0.1) is 0 Å². The predicted octanol–water partition coefficient (Wildman–Crippen LogP) is 6.68. The Morgan fingerprint density at radius 1 is 1.30 bits per heavy atom. The largest absolute Gasteiger partial charge is 0.336 e. The van der Waals surface area contributed by atoms with Crippen LogP contribution in [0.15, 0.2) is 77.2 Å². The molecule has 0 radical (unpaired) electrons. The highest BCUT2D eigenvalue weighted by Crippen LogP contribution is 2.36. The molecule has 0 amide bonds. The second kappa shape index (κ2) is 10.2. The summed E-state index contributed by atoms with van der Waals surface area (Å²) in [5, 5.41) is 1.06. The molecule has 1 heterocycles. The van der Waals surface area contributed by atoms with Crippen LogP contribution in [0.1, 0.15) is 43.9 Å². The average molecular weight is 379 g/mol. The molecule has 142 valence electrons. The van der Waals surface area contributed by atoms with Crippen molar-refractivity contribution in [2.45, 2.75) is 40.0 Å². The van der Waals surface area contributed by atoms with Crippen LogP contribution in [-0.4, -0.2) is 18.2 Å². The molecule has 1 aromatic carbocycles. The zero-order chi connectivity index (χ0) is 19.8. The minimum atomic E-state index is 0.498. The third kappa shape index (κ3) is 5.40. The minimum Gasteiger partial charge on any atom is -0.336 e. The molecule has 3 heteroatoms. The number of benzene rings is 1. The summed E-state index contributed by atoms with van der Waals surface area (Å²) in [6.07, 6.45) is 10.9. The van der Waals surface area contributed by atoms with Gasteiger partial charge >= 0.3 is 0 Å². The smallest absolute Gasteiger partial charge is 0.140 e. The molecule has 0 spiro atoms. The number of hydrogen-bond acceptors (Lipinski definition) is 2. The van der Waals surface area contributed by atoms with Gasteiger partial charge in [-0.25, -0.2) is 4.99 Å². The van der Waals surface area contributed by atoms with Gasteiger partial charge in [-0.3, -0.25) is 0 Å². The Morgan fingerprint density at radius 2 is 2.07 bits per heavy atom. The van der Waals surface area contributed by atoms with Crippen molar-refractivity contribution in [1.82, 2.24) is 4.90 Å². The Labute approximate surface area is 166 Å². The van der Waals surface area contributed by atoms with E-state index in [2.05, 4.69) is 62.9 Å². The van der Waals surface area contributed by atoms with Crippen LogP contribution in [0.25, 0.3) is 5.57 Å². The molecule has 0 aliphatic carbocycles. The van der Waals surface area contributed by atoms with Gasteiger partial charge in [0.15, 0.2) is 0 Å². The van der Waals surface area contributed by atoms with E-state index in [-0.39, 0.29) is 0 Å². The van der Waals surface area contributed by atoms with E-state index >= 15 is 0 Å². The molecule has 2 nitrogen and oxygen atoms in total. The monoisotopic (exact) mass is 378 g/mol. The van der Waals surface area contributed by atoms with Crippen LogP contribution in [0.5, 0.6) is 0 Å². The molecule has 1 aromatic rings. The molecule has 1 aliphatic rings. The normalized spacial score (nSPS) is 16.3. The third-order valence-electron chi connectivity index (χ3n) is 4.68. The molecule has 0 aromatic heterocycles. The minimum absolute atomic E-state index is 0.498. The van der Waals surface area contributed by atoms with Gasteiger partial charge in [0, 0.05) is 25.0 Å². The summed E-state index contributed by atoms with van der Waals surface area (Å²) in [5.74, 6) is 3.20. The molecule has 0 bridgehead atoms. The van der Waals surface area contributed by atoms with Crippen LogP contribution >= 0.6 is 8.58 Å². The highest BCUT2D eigenvalue weighted by atomic mass is 31.1. The van der Waals surface area contributed by atoms with E-state index < -0.39 is 0 Å². The summed E-state index contributed by atoms with van der Waals surface area (Å²) >= 11 is 0. The van der Waals surface area contributed by atoms with E-state index in [1.165, 1.54) is 28.7 Å². The number of hydrogen-bond donors (Lipinski definition) is 0. The zero-order valence-corrected chi connectivity index (χ0v) is 18.0. The van der Waals surface area contributed by atoms with Gasteiger partial charge in [0.25, 0.3) is 0 Å². The summed E-state index contributed by atoms with van der Waals surface area (Å²) in [6, 6.07) is 6.91. The van der Waals surface area contributed by atoms with Crippen molar-refractivity contribution >= 4 is 20.4 Å². The van der Waals surface area contributed by atoms with Gasteiger partial charge in [-0.1, -0.05) is 72.1 Å². The number of aliphatic imine (C=N–C) groups is 1.